The predicted octanol–water partition coefficient (Wildman–Crippen LogP) is 5.57. The first kappa shape index (κ1) is 23.1. The minimum atomic E-state index is -4.82. The van der Waals surface area contributed by atoms with E-state index in [0.29, 0.717) is 23.2 Å². The highest BCUT2D eigenvalue weighted by molar-refractivity contribution is 14.1. The van der Waals surface area contributed by atoms with Crippen LogP contribution in [-0.2, 0) is 11.2 Å². The summed E-state index contributed by atoms with van der Waals surface area (Å²) in [6, 6.07) is 18.7. The van der Waals surface area contributed by atoms with E-state index in [0.717, 1.165) is 21.3 Å². The molecule has 1 atom stereocenters. The van der Waals surface area contributed by atoms with Crippen LogP contribution in [0.15, 0.2) is 72.8 Å². The average Bonchev–Trinajstić information content (AvgIpc) is 2.87. The lowest BCUT2D eigenvalue weighted by atomic mass is 10.0. The van der Waals surface area contributed by atoms with Gasteiger partial charge in [0.05, 0.1) is 11.3 Å². The molecule has 0 aromatic heterocycles. The lowest BCUT2D eigenvalue weighted by Gasteiger charge is -2.29. The molecule has 0 radical (unpaired) electrons. The first-order valence-corrected chi connectivity index (χ1v) is 11.1. The fourth-order valence-corrected chi connectivity index (χ4v) is 4.22. The van der Waals surface area contributed by atoms with Crippen LogP contribution in [0.2, 0.25) is 0 Å². The summed E-state index contributed by atoms with van der Waals surface area (Å²) in [5.41, 5.74) is 2.13. The number of hydrogen-bond donors (Lipinski definition) is 1. The molecule has 0 saturated heterocycles. The van der Waals surface area contributed by atoms with Crippen LogP contribution in [0.1, 0.15) is 27.5 Å². The van der Waals surface area contributed by atoms with Gasteiger partial charge in [-0.15, -0.1) is 13.2 Å². The molecule has 1 N–H and O–H groups in total. The molecule has 5 nitrogen and oxygen atoms in total. The Morgan fingerprint density at radius 1 is 0.970 bits per heavy atom. The smallest absolute Gasteiger partial charge is 0.406 e. The number of alkyl halides is 3. The molecule has 1 unspecified atom stereocenters. The zero-order valence-electron chi connectivity index (χ0n) is 17.1. The van der Waals surface area contributed by atoms with Gasteiger partial charge in [-0.2, -0.15) is 0 Å². The lowest BCUT2D eigenvalue weighted by molar-refractivity contribution is -0.274. The van der Waals surface area contributed by atoms with Gasteiger partial charge in [-0.25, -0.2) is 0 Å². The van der Waals surface area contributed by atoms with E-state index in [2.05, 4.69) is 32.6 Å². The summed E-state index contributed by atoms with van der Waals surface area (Å²) in [6.07, 6.45) is -4.32. The molecule has 0 spiro atoms. The van der Waals surface area contributed by atoms with E-state index < -0.39 is 24.1 Å². The van der Waals surface area contributed by atoms with Gasteiger partial charge in [-0.3, -0.25) is 9.59 Å². The number of nitrogens with zero attached hydrogens (tertiary/aromatic N) is 1. The van der Waals surface area contributed by atoms with Crippen molar-refractivity contribution in [1.29, 1.82) is 0 Å². The van der Waals surface area contributed by atoms with Crippen LogP contribution in [0, 0.1) is 3.57 Å². The van der Waals surface area contributed by atoms with E-state index in [-0.39, 0.29) is 12.5 Å². The Morgan fingerprint density at radius 3 is 2.33 bits per heavy atom. The van der Waals surface area contributed by atoms with Gasteiger partial charge in [0.15, 0.2) is 0 Å². The van der Waals surface area contributed by atoms with Crippen molar-refractivity contribution < 1.29 is 27.5 Å². The molecule has 9 heteroatoms. The Kier molecular flexibility index (Phi) is 6.59. The highest BCUT2D eigenvalue weighted by atomic mass is 127. The molecule has 4 rings (SSSR count). The van der Waals surface area contributed by atoms with Gasteiger partial charge >= 0.3 is 6.36 Å². The zero-order chi connectivity index (χ0) is 23.6. The number of benzene rings is 3. The van der Waals surface area contributed by atoms with Crippen LogP contribution < -0.4 is 10.1 Å². The van der Waals surface area contributed by atoms with Gasteiger partial charge in [-0.1, -0.05) is 42.5 Å². The number of amides is 2. The third kappa shape index (κ3) is 5.47. The Hall–Kier alpha value is -3.08. The van der Waals surface area contributed by atoms with Crippen molar-refractivity contribution in [2.75, 3.05) is 11.9 Å². The predicted molar refractivity (Wildman–Crippen MR) is 125 cm³/mol. The van der Waals surface area contributed by atoms with Gasteiger partial charge in [0, 0.05) is 10.1 Å². The summed E-state index contributed by atoms with van der Waals surface area (Å²) in [5.74, 6) is -1.18. The molecule has 3 aromatic rings. The number of halogens is 4. The largest absolute Gasteiger partial charge is 0.573 e. The number of anilines is 1. The van der Waals surface area contributed by atoms with E-state index in [1.165, 1.54) is 17.0 Å². The molecule has 0 bridgehead atoms. The van der Waals surface area contributed by atoms with Crippen LogP contribution in [0.4, 0.5) is 18.9 Å². The lowest BCUT2D eigenvalue weighted by Crippen LogP contribution is -2.40. The maximum Gasteiger partial charge on any atom is 0.573 e. The topological polar surface area (TPSA) is 58.6 Å². The summed E-state index contributed by atoms with van der Waals surface area (Å²) >= 11 is 2.09. The first-order valence-electron chi connectivity index (χ1n) is 10.0. The first-order chi connectivity index (χ1) is 15.7. The van der Waals surface area contributed by atoms with E-state index in [1.54, 1.807) is 18.2 Å². The van der Waals surface area contributed by atoms with E-state index >= 15 is 0 Å². The van der Waals surface area contributed by atoms with Crippen LogP contribution >= 0.6 is 22.6 Å². The van der Waals surface area contributed by atoms with Crippen LogP contribution in [0.3, 0.4) is 0 Å². The fourth-order valence-electron chi connectivity index (χ4n) is 3.72. The molecule has 1 aliphatic heterocycles. The van der Waals surface area contributed by atoms with Gasteiger partial charge in [-0.05, 0) is 70.5 Å². The molecule has 0 saturated carbocycles. The van der Waals surface area contributed by atoms with Crippen molar-refractivity contribution in [2.24, 2.45) is 0 Å². The van der Waals surface area contributed by atoms with Crippen molar-refractivity contribution in [3.63, 3.8) is 0 Å². The molecular formula is C24H18F3IN2O3. The van der Waals surface area contributed by atoms with E-state index in [4.69, 9.17) is 0 Å². The Morgan fingerprint density at radius 2 is 1.67 bits per heavy atom. The van der Waals surface area contributed by atoms with Gasteiger partial charge in [0.1, 0.15) is 11.8 Å². The number of ether oxygens (including phenoxy) is 1. The van der Waals surface area contributed by atoms with Crippen LogP contribution in [-0.4, -0.2) is 29.6 Å². The number of hydrogen-bond acceptors (Lipinski definition) is 3. The molecular weight excluding hydrogens is 548 g/mol. The van der Waals surface area contributed by atoms with Crippen molar-refractivity contribution in [3.8, 4) is 5.75 Å². The van der Waals surface area contributed by atoms with Gasteiger partial charge in [0.2, 0.25) is 0 Å². The molecule has 0 aliphatic carbocycles. The van der Waals surface area contributed by atoms with Crippen LogP contribution in [0.25, 0.3) is 0 Å². The van der Waals surface area contributed by atoms with Crippen LogP contribution in [0.5, 0.6) is 5.75 Å². The number of nitrogens with one attached hydrogen (secondary N) is 1. The summed E-state index contributed by atoms with van der Waals surface area (Å²) in [6.45, 7) is 0.243. The number of rotatable bonds is 5. The van der Waals surface area contributed by atoms with Crippen molar-refractivity contribution in [1.82, 2.24) is 4.90 Å². The monoisotopic (exact) mass is 566 g/mol. The summed E-state index contributed by atoms with van der Waals surface area (Å²) in [5, 5.41) is 2.79. The highest BCUT2D eigenvalue weighted by Gasteiger charge is 2.37. The molecule has 0 fully saturated rings. The third-order valence-electron chi connectivity index (χ3n) is 5.20. The maximum atomic E-state index is 13.6. The molecule has 1 aliphatic rings. The van der Waals surface area contributed by atoms with Crippen molar-refractivity contribution in [3.05, 3.63) is 93.1 Å². The fraction of sp³-hybridized carbons (Fsp3) is 0.167. The Balaban J connectivity index is 1.70. The highest BCUT2D eigenvalue weighted by Crippen LogP contribution is 2.33. The quantitative estimate of drug-likeness (QED) is 0.412. The number of fused-ring (bicyclic) bond motifs is 1. The SMILES string of the molecule is O=C1Nc2ccc(I)cc2C(=O)N(CCc2ccccc2)C1c1ccc(OC(F)(F)F)cc1. The standard InChI is InChI=1S/C24H18F3IN2O3/c25-24(26,27)33-18-9-6-16(7-10-18)21-22(31)29-20-11-8-17(28)14-19(20)23(32)30(21)13-12-15-4-2-1-3-5-15/h1-11,14,21H,12-13H2,(H,29,31). The average molecular weight is 566 g/mol. The second-order valence-electron chi connectivity index (χ2n) is 7.43. The Labute approximate surface area is 201 Å². The molecule has 3 aromatic carbocycles. The van der Waals surface area contributed by atoms with Crippen molar-refractivity contribution >= 4 is 40.1 Å². The van der Waals surface area contributed by atoms with Crippen molar-refractivity contribution in [2.45, 2.75) is 18.8 Å². The minimum Gasteiger partial charge on any atom is -0.406 e. The second-order valence-corrected chi connectivity index (χ2v) is 8.68. The zero-order valence-corrected chi connectivity index (χ0v) is 19.3. The number of carbonyl (C=O) groups is 2. The Bertz CT molecular complexity index is 1170. The third-order valence-corrected chi connectivity index (χ3v) is 5.88. The van der Waals surface area contributed by atoms with E-state index in [9.17, 15) is 22.8 Å². The summed E-state index contributed by atoms with van der Waals surface area (Å²) in [4.78, 5) is 28.2. The minimum absolute atomic E-state index is 0.243. The molecule has 33 heavy (non-hydrogen) atoms. The van der Waals surface area contributed by atoms with Gasteiger partial charge < -0.3 is 15.0 Å². The number of carbonyl (C=O) groups excluding carboxylic acids is 2. The summed E-state index contributed by atoms with van der Waals surface area (Å²) in [7, 11) is 0. The second kappa shape index (κ2) is 9.42. The summed E-state index contributed by atoms with van der Waals surface area (Å²) < 4.78 is 42.4. The molecule has 170 valence electrons. The van der Waals surface area contributed by atoms with E-state index in [1.807, 2.05) is 30.3 Å². The van der Waals surface area contributed by atoms with Gasteiger partial charge in [0.25, 0.3) is 11.8 Å². The maximum absolute atomic E-state index is 13.6. The molecule has 1 heterocycles. The molecule has 2 amide bonds. The normalized spacial score (nSPS) is 16.1.